The maximum atomic E-state index is 13.5. The molecular weight excluding hydrogens is 594 g/mol. The van der Waals surface area contributed by atoms with Crippen molar-refractivity contribution in [3.8, 4) is 22.4 Å². The number of nitrogens with zero attached hydrogens (tertiary/aromatic N) is 3. The molecular formula is C38H38ClN5O2. The average Bonchev–Trinajstić information content (AvgIpc) is 3.10. The first-order valence-electron chi connectivity index (χ1n) is 15.6. The molecule has 2 heterocycles. The Morgan fingerprint density at radius 3 is 2.07 bits per heavy atom. The van der Waals surface area contributed by atoms with Crippen LogP contribution < -0.4 is 10.6 Å². The van der Waals surface area contributed by atoms with Crippen molar-refractivity contribution in [2.75, 3.05) is 5.32 Å². The number of benzene rings is 3. The van der Waals surface area contributed by atoms with Gasteiger partial charge in [-0.2, -0.15) is 0 Å². The first-order chi connectivity index (χ1) is 22.1. The van der Waals surface area contributed by atoms with E-state index in [2.05, 4.69) is 32.7 Å². The molecule has 0 unspecified atom stereocenters. The van der Waals surface area contributed by atoms with Gasteiger partial charge in [-0.1, -0.05) is 92.1 Å². The van der Waals surface area contributed by atoms with E-state index in [1.54, 1.807) is 23.5 Å². The number of urea groups is 1. The van der Waals surface area contributed by atoms with Crippen LogP contribution >= 0.6 is 12.4 Å². The van der Waals surface area contributed by atoms with Crippen molar-refractivity contribution in [1.82, 2.24) is 20.2 Å². The first kappa shape index (κ1) is 32.4. The Morgan fingerprint density at radius 1 is 0.696 bits per heavy atom. The van der Waals surface area contributed by atoms with E-state index in [4.69, 9.17) is 0 Å². The van der Waals surface area contributed by atoms with Gasteiger partial charge >= 0.3 is 6.03 Å². The van der Waals surface area contributed by atoms with E-state index in [0.717, 1.165) is 52.0 Å². The lowest BCUT2D eigenvalue weighted by Gasteiger charge is -2.23. The summed E-state index contributed by atoms with van der Waals surface area (Å²) >= 11 is 0. The summed E-state index contributed by atoms with van der Waals surface area (Å²) in [5.74, 6) is -0.0598. The van der Waals surface area contributed by atoms with E-state index in [1.807, 2.05) is 91.0 Å². The van der Waals surface area contributed by atoms with Gasteiger partial charge in [-0.3, -0.25) is 14.8 Å². The van der Waals surface area contributed by atoms with Crippen molar-refractivity contribution >= 4 is 30.0 Å². The van der Waals surface area contributed by atoms with Gasteiger partial charge < -0.3 is 15.5 Å². The molecule has 8 heteroatoms. The zero-order valence-electron chi connectivity index (χ0n) is 25.6. The number of hydrogen-bond acceptors (Lipinski definition) is 4. The Hall–Kier alpha value is -5.01. The highest BCUT2D eigenvalue weighted by molar-refractivity contribution is 5.94. The largest absolute Gasteiger partial charge is 0.349 e. The smallest absolute Gasteiger partial charge is 0.322 e. The Labute approximate surface area is 276 Å². The van der Waals surface area contributed by atoms with Crippen LogP contribution in [-0.2, 0) is 13.1 Å². The molecule has 0 aliphatic heterocycles. The Balaban J connectivity index is 0.00000417. The lowest BCUT2D eigenvalue weighted by atomic mass is 9.95. The molecule has 1 aliphatic rings. The molecule has 5 aromatic rings. The predicted octanol–water partition coefficient (Wildman–Crippen LogP) is 8.53. The van der Waals surface area contributed by atoms with Crippen LogP contribution in [0.25, 0.3) is 22.4 Å². The Bertz CT molecular complexity index is 1690. The molecule has 0 radical (unpaired) electrons. The molecule has 1 saturated carbocycles. The van der Waals surface area contributed by atoms with Crippen molar-refractivity contribution in [1.29, 1.82) is 0 Å². The molecule has 6 rings (SSSR count). The molecule has 0 saturated heterocycles. The highest BCUT2D eigenvalue weighted by atomic mass is 35.5. The molecule has 46 heavy (non-hydrogen) atoms. The van der Waals surface area contributed by atoms with Crippen LogP contribution in [0.4, 0.5) is 10.5 Å². The summed E-state index contributed by atoms with van der Waals surface area (Å²) in [6.45, 7) is 0.826. The third kappa shape index (κ3) is 8.58. The number of nitrogens with one attached hydrogen (secondary N) is 2. The minimum Gasteiger partial charge on any atom is -0.349 e. The molecule has 0 bridgehead atoms. The van der Waals surface area contributed by atoms with Crippen LogP contribution in [0, 0.1) is 0 Å². The lowest BCUT2D eigenvalue weighted by Crippen LogP contribution is -2.36. The number of anilines is 1. The molecule has 2 N–H and O–H groups in total. The van der Waals surface area contributed by atoms with Crippen LogP contribution in [-0.4, -0.2) is 32.8 Å². The summed E-state index contributed by atoms with van der Waals surface area (Å²) in [5, 5.41) is 6.21. The fourth-order valence-electron chi connectivity index (χ4n) is 5.71. The topological polar surface area (TPSA) is 87.2 Å². The number of amides is 3. The van der Waals surface area contributed by atoms with Gasteiger partial charge in [0.05, 0.1) is 11.3 Å². The predicted molar refractivity (Wildman–Crippen MR) is 186 cm³/mol. The second-order valence-electron chi connectivity index (χ2n) is 11.5. The van der Waals surface area contributed by atoms with Gasteiger partial charge in [0, 0.05) is 49.0 Å². The van der Waals surface area contributed by atoms with Crippen molar-refractivity contribution in [2.24, 2.45) is 0 Å². The monoisotopic (exact) mass is 631 g/mol. The second-order valence-corrected chi connectivity index (χ2v) is 11.5. The molecule has 7 nitrogen and oxygen atoms in total. The van der Waals surface area contributed by atoms with Gasteiger partial charge in [0.2, 0.25) is 0 Å². The molecule has 3 amide bonds. The molecule has 0 spiro atoms. The summed E-state index contributed by atoms with van der Waals surface area (Å²) in [7, 11) is 0. The third-order valence-electron chi connectivity index (χ3n) is 8.22. The zero-order chi connectivity index (χ0) is 30.8. The van der Waals surface area contributed by atoms with Crippen molar-refractivity contribution in [3.05, 3.63) is 138 Å². The van der Waals surface area contributed by atoms with Crippen LogP contribution in [0.3, 0.4) is 0 Å². The van der Waals surface area contributed by atoms with E-state index in [9.17, 15) is 9.59 Å². The number of pyridine rings is 2. The third-order valence-corrected chi connectivity index (χ3v) is 8.22. The van der Waals surface area contributed by atoms with E-state index in [1.165, 1.54) is 19.3 Å². The molecule has 0 atom stereocenters. The van der Waals surface area contributed by atoms with Crippen molar-refractivity contribution < 1.29 is 9.59 Å². The number of hydrogen-bond donors (Lipinski definition) is 2. The normalized spacial score (nSPS) is 12.9. The highest BCUT2D eigenvalue weighted by Gasteiger charge is 2.18. The number of carbonyl (C=O) groups excluding carboxylic acids is 2. The van der Waals surface area contributed by atoms with Crippen LogP contribution in [0.5, 0.6) is 0 Å². The quantitative estimate of drug-likeness (QED) is 0.171. The van der Waals surface area contributed by atoms with Gasteiger partial charge in [-0.15, -0.1) is 12.4 Å². The standard InChI is InChI=1S/C38H37N5O2.ClH/c44-37(41-34-11-5-2-6-12-34)33-19-22-36(40-25-33)32-15-13-28(14-16-32)26-43(27-29-8-7-23-39-24-29)38(45)42-35-20-17-31(18-21-35)30-9-3-1-4-10-30;/h1,3-4,7-10,13-25,34H,2,5-6,11-12,26-27H2,(H,41,44)(H,42,45);1H. The summed E-state index contributed by atoms with van der Waals surface area (Å²) in [6, 6.07) is 33.7. The van der Waals surface area contributed by atoms with Gasteiger partial charge in [0.1, 0.15) is 0 Å². The molecule has 3 aromatic carbocycles. The first-order valence-corrected chi connectivity index (χ1v) is 15.6. The molecule has 1 aliphatic carbocycles. The van der Waals surface area contributed by atoms with Gasteiger partial charge in [-0.25, -0.2) is 4.79 Å². The number of rotatable bonds is 9. The van der Waals surface area contributed by atoms with Gasteiger partial charge in [0.15, 0.2) is 0 Å². The summed E-state index contributed by atoms with van der Waals surface area (Å²) < 4.78 is 0. The van der Waals surface area contributed by atoms with Crippen LogP contribution in [0.2, 0.25) is 0 Å². The van der Waals surface area contributed by atoms with E-state index < -0.39 is 0 Å². The van der Waals surface area contributed by atoms with Gasteiger partial charge in [0.25, 0.3) is 5.91 Å². The maximum absolute atomic E-state index is 13.5. The van der Waals surface area contributed by atoms with E-state index in [-0.39, 0.29) is 30.4 Å². The highest BCUT2D eigenvalue weighted by Crippen LogP contribution is 2.23. The lowest BCUT2D eigenvalue weighted by molar-refractivity contribution is 0.0927. The zero-order valence-corrected chi connectivity index (χ0v) is 26.5. The Kier molecular flexibility index (Phi) is 11.1. The summed E-state index contributed by atoms with van der Waals surface area (Å²) in [5.41, 5.74) is 7.19. The minimum atomic E-state index is -0.195. The molecule has 1 fully saturated rings. The van der Waals surface area contributed by atoms with E-state index in [0.29, 0.717) is 18.7 Å². The number of halogens is 1. The fraction of sp³-hybridized carbons (Fsp3) is 0.211. The van der Waals surface area contributed by atoms with Crippen LogP contribution in [0.15, 0.2) is 122 Å². The number of carbonyl (C=O) groups is 2. The SMILES string of the molecule is Cl.O=C(NC1CCCCC1)c1ccc(-c2ccc(CN(Cc3cccnc3)C(=O)Nc3ccc(-c4ccccc4)cc3)cc2)nc1. The fourth-order valence-corrected chi connectivity index (χ4v) is 5.71. The molecule has 234 valence electrons. The van der Waals surface area contributed by atoms with E-state index >= 15 is 0 Å². The van der Waals surface area contributed by atoms with Crippen molar-refractivity contribution in [3.63, 3.8) is 0 Å². The maximum Gasteiger partial charge on any atom is 0.322 e. The summed E-state index contributed by atoms with van der Waals surface area (Å²) in [4.78, 5) is 36.8. The van der Waals surface area contributed by atoms with Crippen molar-refractivity contribution in [2.45, 2.75) is 51.2 Å². The average molecular weight is 632 g/mol. The minimum absolute atomic E-state index is 0. The molecule has 2 aromatic heterocycles. The van der Waals surface area contributed by atoms with Crippen LogP contribution in [0.1, 0.15) is 53.6 Å². The van der Waals surface area contributed by atoms with Gasteiger partial charge in [-0.05, 0) is 65.4 Å². The Morgan fingerprint density at radius 2 is 1.39 bits per heavy atom. The summed E-state index contributed by atoms with van der Waals surface area (Å²) in [6.07, 6.45) is 10.8. The second kappa shape index (κ2) is 15.8. The number of aromatic nitrogens is 2.